The first-order chi connectivity index (χ1) is 10.4. The van der Waals surface area contributed by atoms with Crippen molar-refractivity contribution >= 4 is 12.6 Å². The second kappa shape index (κ2) is 7.16. The molecule has 0 radical (unpaired) electrons. The third kappa shape index (κ3) is 4.12. The van der Waals surface area contributed by atoms with Crippen LogP contribution in [0.25, 0.3) is 0 Å². The maximum Gasteiger partial charge on any atom is 0.494 e. The van der Waals surface area contributed by atoms with Gasteiger partial charge in [0.1, 0.15) is 0 Å². The van der Waals surface area contributed by atoms with Gasteiger partial charge in [-0.1, -0.05) is 30.7 Å². The Hall–Kier alpha value is -0.835. The normalized spacial score (nSPS) is 19.6. The fraction of sp³-hybridized carbons (Fsp3) is 0.667. The van der Waals surface area contributed by atoms with Crippen LogP contribution in [0.1, 0.15) is 52.5 Å². The number of benzene rings is 1. The van der Waals surface area contributed by atoms with E-state index in [4.69, 9.17) is 14.0 Å². The minimum atomic E-state index is -0.284. The van der Waals surface area contributed by atoms with Crippen molar-refractivity contribution in [3.05, 3.63) is 29.8 Å². The number of rotatable bonds is 7. The summed E-state index contributed by atoms with van der Waals surface area (Å²) in [7, 11) is 1.49. The van der Waals surface area contributed by atoms with Crippen LogP contribution in [0.5, 0.6) is 0 Å². The fourth-order valence-corrected chi connectivity index (χ4v) is 2.63. The van der Waals surface area contributed by atoms with E-state index in [1.807, 2.05) is 0 Å². The molecule has 0 atom stereocenters. The molecule has 0 aliphatic carbocycles. The van der Waals surface area contributed by atoms with Crippen molar-refractivity contribution < 1.29 is 14.0 Å². The van der Waals surface area contributed by atoms with Crippen LogP contribution in [0, 0.1) is 0 Å². The summed E-state index contributed by atoms with van der Waals surface area (Å²) in [5.41, 5.74) is 1.90. The Morgan fingerprint density at radius 1 is 1.00 bits per heavy atom. The SMILES string of the molecule is COCCCCCc1cccc(B2OC(C)(C)C(C)(C)O2)c1. The Balaban J connectivity index is 1.95. The molecular formula is C18H29BO3. The lowest BCUT2D eigenvalue weighted by Gasteiger charge is -2.32. The molecule has 122 valence electrons. The number of ether oxygens (including phenoxy) is 1. The average Bonchev–Trinajstić information content (AvgIpc) is 2.68. The molecule has 4 heteroatoms. The third-order valence-corrected chi connectivity index (χ3v) is 4.79. The van der Waals surface area contributed by atoms with Crippen LogP contribution in [-0.2, 0) is 20.5 Å². The van der Waals surface area contributed by atoms with E-state index in [0.29, 0.717) is 0 Å². The first-order valence-electron chi connectivity index (χ1n) is 8.29. The molecule has 0 bridgehead atoms. The summed E-state index contributed by atoms with van der Waals surface area (Å²) in [6, 6.07) is 8.60. The zero-order chi connectivity index (χ0) is 16.2. The second-order valence-electron chi connectivity index (χ2n) is 7.14. The van der Waals surface area contributed by atoms with Gasteiger partial charge in [0.2, 0.25) is 0 Å². The van der Waals surface area contributed by atoms with Crippen LogP contribution < -0.4 is 5.46 Å². The predicted molar refractivity (Wildman–Crippen MR) is 91.6 cm³/mol. The van der Waals surface area contributed by atoms with Crippen LogP contribution in [0.2, 0.25) is 0 Å². The largest absolute Gasteiger partial charge is 0.494 e. The predicted octanol–water partition coefficient (Wildman–Crippen LogP) is 3.35. The topological polar surface area (TPSA) is 27.7 Å². The quantitative estimate of drug-likeness (QED) is 0.571. The molecule has 1 heterocycles. The van der Waals surface area contributed by atoms with E-state index in [1.54, 1.807) is 7.11 Å². The van der Waals surface area contributed by atoms with Gasteiger partial charge in [0.25, 0.3) is 0 Å². The number of aryl methyl sites for hydroxylation is 1. The Labute approximate surface area is 135 Å². The van der Waals surface area contributed by atoms with Gasteiger partial charge >= 0.3 is 7.12 Å². The number of unbranched alkanes of at least 4 members (excludes halogenated alkanes) is 2. The minimum Gasteiger partial charge on any atom is -0.399 e. The van der Waals surface area contributed by atoms with Crippen molar-refractivity contribution in [3.8, 4) is 0 Å². The van der Waals surface area contributed by atoms with E-state index in [1.165, 1.54) is 18.4 Å². The van der Waals surface area contributed by atoms with Gasteiger partial charge in [-0.3, -0.25) is 0 Å². The van der Waals surface area contributed by atoms with E-state index >= 15 is 0 Å². The Kier molecular flexibility index (Phi) is 5.70. The summed E-state index contributed by atoms with van der Waals surface area (Å²) < 4.78 is 17.3. The zero-order valence-electron chi connectivity index (χ0n) is 14.6. The molecule has 3 nitrogen and oxygen atoms in total. The molecule has 1 aliphatic rings. The molecular weight excluding hydrogens is 275 g/mol. The molecule has 0 unspecified atom stereocenters. The second-order valence-corrected chi connectivity index (χ2v) is 7.14. The third-order valence-electron chi connectivity index (χ3n) is 4.79. The van der Waals surface area contributed by atoms with Crippen LogP contribution in [-0.4, -0.2) is 32.0 Å². The highest BCUT2D eigenvalue weighted by atomic mass is 16.7. The summed E-state index contributed by atoms with van der Waals surface area (Å²) >= 11 is 0. The van der Waals surface area contributed by atoms with Gasteiger partial charge in [-0.05, 0) is 58.0 Å². The van der Waals surface area contributed by atoms with Crippen LogP contribution in [0.15, 0.2) is 24.3 Å². The number of methoxy groups -OCH3 is 1. The summed E-state index contributed by atoms with van der Waals surface area (Å²) in [6.45, 7) is 9.21. The van der Waals surface area contributed by atoms with E-state index in [9.17, 15) is 0 Å². The first-order valence-corrected chi connectivity index (χ1v) is 8.29. The van der Waals surface area contributed by atoms with Crippen LogP contribution in [0.3, 0.4) is 0 Å². The lowest BCUT2D eigenvalue weighted by Crippen LogP contribution is -2.41. The minimum absolute atomic E-state index is 0.265. The van der Waals surface area contributed by atoms with Gasteiger partial charge in [0, 0.05) is 13.7 Å². The Bertz CT molecular complexity index is 469. The highest BCUT2D eigenvalue weighted by molar-refractivity contribution is 6.62. The highest BCUT2D eigenvalue weighted by Crippen LogP contribution is 2.36. The van der Waals surface area contributed by atoms with Crippen molar-refractivity contribution in [1.29, 1.82) is 0 Å². The van der Waals surface area contributed by atoms with Gasteiger partial charge in [0.05, 0.1) is 11.2 Å². The van der Waals surface area contributed by atoms with Gasteiger partial charge in [-0.2, -0.15) is 0 Å². The molecule has 0 amide bonds. The first kappa shape index (κ1) is 17.5. The Morgan fingerprint density at radius 3 is 2.32 bits per heavy atom. The van der Waals surface area contributed by atoms with E-state index in [2.05, 4.69) is 52.0 Å². The lowest BCUT2D eigenvalue weighted by molar-refractivity contribution is 0.00578. The lowest BCUT2D eigenvalue weighted by atomic mass is 9.78. The maximum atomic E-state index is 6.12. The van der Waals surface area contributed by atoms with Crippen LogP contribution >= 0.6 is 0 Å². The molecule has 1 aliphatic heterocycles. The maximum absolute atomic E-state index is 6.12. The average molecular weight is 304 g/mol. The molecule has 0 N–H and O–H groups in total. The molecule has 2 rings (SSSR count). The summed E-state index contributed by atoms with van der Waals surface area (Å²) in [4.78, 5) is 0. The van der Waals surface area contributed by atoms with Gasteiger partial charge in [-0.15, -0.1) is 0 Å². The smallest absolute Gasteiger partial charge is 0.399 e. The van der Waals surface area contributed by atoms with Crippen molar-refractivity contribution in [2.75, 3.05) is 13.7 Å². The monoisotopic (exact) mass is 304 g/mol. The standard InChI is InChI=1S/C18H29BO3/c1-17(2)18(3,4)22-19(21-17)16-12-9-11-15(14-16)10-7-6-8-13-20-5/h9,11-12,14H,6-8,10,13H2,1-5H3. The molecule has 0 spiro atoms. The number of hydrogen-bond donors (Lipinski definition) is 0. The van der Waals surface area contributed by atoms with Crippen molar-refractivity contribution in [2.24, 2.45) is 0 Å². The molecule has 0 aromatic heterocycles. The van der Waals surface area contributed by atoms with Crippen LogP contribution in [0.4, 0.5) is 0 Å². The molecule has 1 saturated heterocycles. The molecule has 1 aromatic rings. The highest BCUT2D eigenvalue weighted by Gasteiger charge is 2.51. The van der Waals surface area contributed by atoms with Crippen molar-refractivity contribution in [3.63, 3.8) is 0 Å². The molecule has 1 fully saturated rings. The van der Waals surface area contributed by atoms with E-state index in [0.717, 1.165) is 24.9 Å². The molecule has 22 heavy (non-hydrogen) atoms. The summed E-state index contributed by atoms with van der Waals surface area (Å²) in [6.07, 6.45) is 4.62. The van der Waals surface area contributed by atoms with Crippen molar-refractivity contribution in [1.82, 2.24) is 0 Å². The fourth-order valence-electron chi connectivity index (χ4n) is 2.63. The van der Waals surface area contributed by atoms with Gasteiger partial charge in [-0.25, -0.2) is 0 Å². The van der Waals surface area contributed by atoms with E-state index < -0.39 is 0 Å². The van der Waals surface area contributed by atoms with Crippen molar-refractivity contribution in [2.45, 2.75) is 64.6 Å². The van der Waals surface area contributed by atoms with E-state index in [-0.39, 0.29) is 18.3 Å². The summed E-state index contributed by atoms with van der Waals surface area (Å²) in [5.74, 6) is 0. The van der Waals surface area contributed by atoms with Gasteiger partial charge in [0.15, 0.2) is 0 Å². The van der Waals surface area contributed by atoms with Gasteiger partial charge < -0.3 is 14.0 Å². The number of hydrogen-bond acceptors (Lipinski definition) is 3. The zero-order valence-corrected chi connectivity index (χ0v) is 14.6. The molecule has 0 saturated carbocycles. The summed E-state index contributed by atoms with van der Waals surface area (Å²) in [5, 5.41) is 0. The molecule has 1 aromatic carbocycles. The Morgan fingerprint density at radius 2 is 1.68 bits per heavy atom.